The van der Waals surface area contributed by atoms with E-state index in [2.05, 4.69) is 67.0 Å². The van der Waals surface area contributed by atoms with Crippen LogP contribution < -0.4 is 0 Å². The Bertz CT molecular complexity index is 1280. The highest BCUT2D eigenvalue weighted by atomic mass is 31.2. The average molecular weight is 793 g/mol. The van der Waals surface area contributed by atoms with Crippen molar-refractivity contribution in [3.63, 3.8) is 0 Å². The lowest BCUT2D eigenvalue weighted by molar-refractivity contribution is -0.161. The van der Waals surface area contributed by atoms with Crippen LogP contribution in [0.25, 0.3) is 0 Å². The summed E-state index contributed by atoms with van der Waals surface area (Å²) >= 11 is 0. The number of aliphatic hydroxyl groups is 2. The largest absolute Gasteiger partial charge is 0.469 e. The smallest absolute Gasteiger partial charge is 0.462 e. The molecule has 0 aliphatic heterocycles. The molecule has 0 amide bonds. The monoisotopic (exact) mass is 792 g/mol. The second-order valence-electron chi connectivity index (χ2n) is 14.0. The Morgan fingerprint density at radius 1 is 0.782 bits per heavy atom. The van der Waals surface area contributed by atoms with Crippen LogP contribution in [0.4, 0.5) is 0 Å². The number of phosphoric acid groups is 1. The number of hydrogen-bond donors (Lipinski definition) is 4. The van der Waals surface area contributed by atoms with E-state index in [-0.39, 0.29) is 43.5 Å². The number of phosphoric ester groups is 1. The number of carbonyl (C=O) groups is 3. The summed E-state index contributed by atoms with van der Waals surface area (Å²) < 4.78 is 26.3. The van der Waals surface area contributed by atoms with Gasteiger partial charge in [-0.25, -0.2) is 4.57 Å². The van der Waals surface area contributed by atoms with Gasteiger partial charge in [-0.3, -0.25) is 18.9 Å². The lowest BCUT2D eigenvalue weighted by atomic mass is 9.88. The fourth-order valence-corrected chi connectivity index (χ4v) is 6.43. The normalized spacial score (nSPS) is 19.3. The van der Waals surface area contributed by atoms with Crippen LogP contribution in [-0.4, -0.2) is 69.2 Å². The molecule has 11 nitrogen and oxygen atoms in total. The number of carbonyl (C=O) groups excluding carboxylic acids is 3. The first-order chi connectivity index (χ1) is 26.5. The molecule has 312 valence electrons. The number of ketones is 1. The van der Waals surface area contributed by atoms with E-state index in [0.29, 0.717) is 38.5 Å². The summed E-state index contributed by atoms with van der Waals surface area (Å²) in [5, 5.41) is 20.6. The molecule has 0 aromatic rings. The van der Waals surface area contributed by atoms with Gasteiger partial charge < -0.3 is 29.5 Å². The molecule has 12 heteroatoms. The van der Waals surface area contributed by atoms with Crippen molar-refractivity contribution in [3.05, 3.63) is 72.9 Å². The van der Waals surface area contributed by atoms with Crippen molar-refractivity contribution < 1.29 is 52.9 Å². The number of ether oxygens (including phenoxy) is 2. The fourth-order valence-electron chi connectivity index (χ4n) is 6.07. The predicted octanol–water partition coefficient (Wildman–Crippen LogP) is 8.88. The van der Waals surface area contributed by atoms with Gasteiger partial charge >= 0.3 is 19.8 Å². The summed E-state index contributed by atoms with van der Waals surface area (Å²) in [6, 6.07) is 0. The highest BCUT2D eigenvalue weighted by Gasteiger charge is 2.39. The molecule has 5 atom stereocenters. The molecule has 1 aliphatic rings. The molecule has 55 heavy (non-hydrogen) atoms. The first kappa shape index (κ1) is 50.1. The Balaban J connectivity index is 2.32. The molecule has 0 unspecified atom stereocenters. The van der Waals surface area contributed by atoms with Crippen molar-refractivity contribution in [3.8, 4) is 0 Å². The maximum Gasteiger partial charge on any atom is 0.469 e. The zero-order chi connectivity index (χ0) is 40.6. The van der Waals surface area contributed by atoms with Crippen molar-refractivity contribution >= 4 is 25.5 Å². The average Bonchev–Trinajstić information content (AvgIpc) is 3.41. The second-order valence-corrected chi connectivity index (χ2v) is 15.2. The van der Waals surface area contributed by atoms with E-state index in [1.165, 1.54) is 0 Å². The maximum absolute atomic E-state index is 12.5. The van der Waals surface area contributed by atoms with Gasteiger partial charge in [-0.05, 0) is 64.2 Å². The predicted molar refractivity (Wildman–Crippen MR) is 217 cm³/mol. The summed E-state index contributed by atoms with van der Waals surface area (Å²) in [7, 11) is -4.84. The number of rotatable bonds is 32. The van der Waals surface area contributed by atoms with E-state index < -0.39 is 44.7 Å². The molecule has 1 aliphatic carbocycles. The van der Waals surface area contributed by atoms with Gasteiger partial charge in [0.15, 0.2) is 6.10 Å². The lowest BCUT2D eigenvalue weighted by Crippen LogP contribution is -2.29. The fraction of sp³-hybridized carbons (Fsp3) is 0.651. The number of Topliss-reactive ketones (excluding diaryl/α,β-unsaturated/α-hetero) is 1. The van der Waals surface area contributed by atoms with Crippen LogP contribution in [0.3, 0.4) is 0 Å². The Hall–Kier alpha value is -2.92. The van der Waals surface area contributed by atoms with Crippen LogP contribution >= 0.6 is 7.82 Å². The number of aliphatic hydroxyl groups excluding tert-OH is 2. The highest BCUT2D eigenvalue weighted by molar-refractivity contribution is 7.46. The molecular weight excluding hydrogens is 723 g/mol. The Morgan fingerprint density at radius 2 is 1.38 bits per heavy atom. The van der Waals surface area contributed by atoms with Crippen molar-refractivity contribution in [2.24, 2.45) is 11.8 Å². The summed E-state index contributed by atoms with van der Waals surface area (Å²) in [5.74, 6) is -1.70. The van der Waals surface area contributed by atoms with Crippen LogP contribution in [0.2, 0.25) is 0 Å². The number of esters is 2. The van der Waals surface area contributed by atoms with Crippen molar-refractivity contribution in [1.29, 1.82) is 0 Å². The third kappa shape index (κ3) is 28.2. The van der Waals surface area contributed by atoms with Crippen LogP contribution in [0.5, 0.6) is 0 Å². The Kier molecular flexibility index (Phi) is 29.3. The van der Waals surface area contributed by atoms with Crippen LogP contribution in [-0.2, 0) is 32.9 Å². The number of allylic oxidation sites excluding steroid dienone is 10. The molecule has 1 fully saturated rings. The second kappa shape index (κ2) is 32.2. The lowest BCUT2D eigenvalue weighted by Gasteiger charge is -2.19. The molecule has 1 rings (SSSR count). The molecule has 0 heterocycles. The van der Waals surface area contributed by atoms with Gasteiger partial charge in [0.2, 0.25) is 0 Å². The van der Waals surface area contributed by atoms with Crippen LogP contribution in [0, 0.1) is 11.8 Å². The Morgan fingerprint density at radius 3 is 2.00 bits per heavy atom. The van der Waals surface area contributed by atoms with Gasteiger partial charge in [0.25, 0.3) is 0 Å². The Labute approximate surface area is 329 Å². The van der Waals surface area contributed by atoms with Crippen LogP contribution in [0.15, 0.2) is 72.9 Å². The molecule has 0 aromatic heterocycles. The van der Waals surface area contributed by atoms with Gasteiger partial charge in [0.1, 0.15) is 12.4 Å². The van der Waals surface area contributed by atoms with Gasteiger partial charge in [-0.2, -0.15) is 0 Å². The topological polar surface area (TPSA) is 177 Å². The zero-order valence-electron chi connectivity index (χ0n) is 33.3. The number of unbranched alkanes of at least 4 members (excludes halogenated alkanes) is 6. The maximum atomic E-state index is 12.5. The molecule has 0 aromatic carbocycles. The molecule has 0 saturated heterocycles. The van der Waals surface area contributed by atoms with E-state index in [9.17, 15) is 29.2 Å². The first-order valence-electron chi connectivity index (χ1n) is 20.3. The molecule has 0 radical (unpaired) electrons. The standard InChI is InChI=1S/C43H69O11P/c1-3-5-7-8-9-10-11-12-13-14-15-16-17-18-19-20-25-29-42(47)52-34-37(35-53-55(49,50)51)54-43(48)30-26-22-21-24-28-38-39(41(46)33-40(38)45)32-31-36(44)27-23-6-4-2/h5,7,9-10,12-13,15-16,18-19,31-32,36-39,41,44,46H,3-4,6,8,11,14,17,20-30,33-35H2,1-2H3,(H2,49,50,51)/b7-5-,10-9-,13-12-,16-15-,19-18-,32-31+/t36-,37+,38+,39+,41+/m0/s1. The van der Waals surface area contributed by atoms with Crippen LogP contribution in [0.1, 0.15) is 136 Å². The minimum Gasteiger partial charge on any atom is -0.462 e. The van der Waals surface area contributed by atoms with E-state index in [0.717, 1.165) is 64.2 Å². The van der Waals surface area contributed by atoms with E-state index in [1.807, 2.05) is 12.2 Å². The number of hydrogen-bond acceptors (Lipinski definition) is 9. The van der Waals surface area contributed by atoms with Crippen molar-refractivity contribution in [2.75, 3.05) is 13.2 Å². The summed E-state index contributed by atoms with van der Waals surface area (Å²) in [4.78, 5) is 55.5. The SMILES string of the molecule is CC/C=C\C/C=C\C/C=C\C/C=C\C/C=C\CCCC(=O)OC[C@H](COP(=O)(O)O)OC(=O)CCCCCC[C@H]1C(=O)C[C@@H](O)[C@@H]1/C=C/[C@@H](O)CCCCC. The summed E-state index contributed by atoms with van der Waals surface area (Å²) in [6.07, 6.45) is 35.3. The molecule has 4 N–H and O–H groups in total. The first-order valence-corrected chi connectivity index (χ1v) is 21.9. The molecular formula is C43H69O11P. The third-order valence-electron chi connectivity index (χ3n) is 9.10. The van der Waals surface area contributed by atoms with E-state index >= 15 is 0 Å². The molecule has 0 spiro atoms. The van der Waals surface area contributed by atoms with E-state index in [1.54, 1.807) is 12.2 Å². The van der Waals surface area contributed by atoms with Crippen molar-refractivity contribution in [1.82, 2.24) is 0 Å². The highest BCUT2D eigenvalue weighted by Crippen LogP contribution is 2.36. The summed E-state index contributed by atoms with van der Waals surface area (Å²) in [6.45, 7) is 3.20. The minimum absolute atomic E-state index is 0.0285. The minimum atomic E-state index is -4.84. The van der Waals surface area contributed by atoms with Gasteiger partial charge in [-0.1, -0.05) is 125 Å². The van der Waals surface area contributed by atoms with Crippen molar-refractivity contribution in [2.45, 2.75) is 154 Å². The van der Waals surface area contributed by atoms with Gasteiger partial charge in [-0.15, -0.1) is 0 Å². The van der Waals surface area contributed by atoms with E-state index in [4.69, 9.17) is 19.3 Å². The van der Waals surface area contributed by atoms with Gasteiger partial charge in [0, 0.05) is 31.1 Å². The quantitative estimate of drug-likeness (QED) is 0.0221. The third-order valence-corrected chi connectivity index (χ3v) is 9.59. The molecule has 0 bridgehead atoms. The molecule has 1 saturated carbocycles. The van der Waals surface area contributed by atoms with Gasteiger partial charge in [0.05, 0.1) is 18.8 Å². The summed E-state index contributed by atoms with van der Waals surface area (Å²) in [5.41, 5.74) is 0. The zero-order valence-corrected chi connectivity index (χ0v) is 34.2.